The third-order valence-corrected chi connectivity index (χ3v) is 2.86. The highest BCUT2D eigenvalue weighted by Gasteiger charge is 2.08. The van der Waals surface area contributed by atoms with Crippen LogP contribution in [0, 0.1) is 6.92 Å². The summed E-state index contributed by atoms with van der Waals surface area (Å²) in [6, 6.07) is 10.8. The van der Waals surface area contributed by atoms with Gasteiger partial charge in [-0.3, -0.25) is 0 Å². The summed E-state index contributed by atoms with van der Waals surface area (Å²) < 4.78 is 10.9. The van der Waals surface area contributed by atoms with Crippen LogP contribution < -0.4 is 15.2 Å². The fourth-order valence-electron chi connectivity index (χ4n) is 1.83. The Balaban J connectivity index is 2.18. The van der Waals surface area contributed by atoms with E-state index in [0.717, 1.165) is 16.9 Å². The van der Waals surface area contributed by atoms with Crippen LogP contribution in [0.15, 0.2) is 36.4 Å². The molecule has 0 amide bonds. The Morgan fingerprint density at radius 2 is 1.95 bits per heavy atom. The Kier molecular flexibility index (Phi) is 3.80. The summed E-state index contributed by atoms with van der Waals surface area (Å²) in [5.41, 5.74) is 8.05. The van der Waals surface area contributed by atoms with Gasteiger partial charge in [-0.25, -0.2) is 0 Å². The number of anilines is 1. The summed E-state index contributed by atoms with van der Waals surface area (Å²) >= 11 is 0. The van der Waals surface area contributed by atoms with Crippen LogP contribution in [0.1, 0.15) is 11.1 Å². The molecule has 0 spiro atoms. The van der Waals surface area contributed by atoms with E-state index >= 15 is 0 Å². The molecular weight excluding hydrogens is 242 g/mol. The molecule has 0 radical (unpaired) electrons. The molecule has 0 atom stereocenters. The molecule has 0 bridgehead atoms. The summed E-state index contributed by atoms with van der Waals surface area (Å²) in [5, 5.41) is 9.51. The van der Waals surface area contributed by atoms with Gasteiger partial charge in [-0.05, 0) is 31.2 Å². The van der Waals surface area contributed by atoms with Gasteiger partial charge in [0.05, 0.1) is 7.11 Å². The number of ether oxygens (including phenoxy) is 2. The lowest BCUT2D eigenvalue weighted by molar-refractivity contribution is 0.297. The van der Waals surface area contributed by atoms with Crippen molar-refractivity contribution in [2.75, 3.05) is 12.8 Å². The molecule has 2 aromatic carbocycles. The fourth-order valence-corrected chi connectivity index (χ4v) is 1.83. The minimum absolute atomic E-state index is 0.0220. The van der Waals surface area contributed by atoms with Crippen molar-refractivity contribution in [2.45, 2.75) is 13.5 Å². The van der Waals surface area contributed by atoms with Gasteiger partial charge in [-0.1, -0.05) is 17.7 Å². The summed E-state index contributed by atoms with van der Waals surface area (Å²) in [6.45, 7) is 2.34. The zero-order valence-corrected chi connectivity index (χ0v) is 11.0. The van der Waals surface area contributed by atoms with E-state index in [-0.39, 0.29) is 11.4 Å². The number of nitrogen functional groups attached to an aromatic ring is 1. The van der Waals surface area contributed by atoms with Gasteiger partial charge in [0, 0.05) is 5.56 Å². The topological polar surface area (TPSA) is 64.7 Å². The molecule has 0 aliphatic heterocycles. The standard InChI is InChI=1S/C15H17NO3/c1-10-6-7-13(18-2)11(8-10)9-19-14-5-3-4-12(17)15(14)16/h3-8,17H,9,16H2,1-2H3. The van der Waals surface area contributed by atoms with Gasteiger partial charge >= 0.3 is 0 Å². The van der Waals surface area contributed by atoms with E-state index in [1.54, 1.807) is 19.2 Å². The Morgan fingerprint density at radius 1 is 1.16 bits per heavy atom. The Morgan fingerprint density at radius 3 is 2.68 bits per heavy atom. The molecule has 4 nitrogen and oxygen atoms in total. The predicted octanol–water partition coefficient (Wildman–Crippen LogP) is 2.87. The number of rotatable bonds is 4. The first-order valence-electron chi connectivity index (χ1n) is 5.95. The normalized spacial score (nSPS) is 10.2. The van der Waals surface area contributed by atoms with Gasteiger partial charge in [-0.15, -0.1) is 0 Å². The lowest BCUT2D eigenvalue weighted by atomic mass is 10.1. The molecule has 3 N–H and O–H groups in total. The molecule has 0 aliphatic rings. The molecule has 0 fully saturated rings. The minimum atomic E-state index is 0.0220. The summed E-state index contributed by atoms with van der Waals surface area (Å²) in [4.78, 5) is 0. The molecular formula is C15H17NO3. The molecule has 0 aliphatic carbocycles. The number of para-hydroxylation sites is 1. The second-order valence-electron chi connectivity index (χ2n) is 4.29. The second-order valence-corrected chi connectivity index (χ2v) is 4.29. The first-order valence-corrected chi connectivity index (χ1v) is 5.95. The molecule has 2 aromatic rings. The van der Waals surface area contributed by atoms with E-state index in [9.17, 15) is 5.11 Å². The number of phenols is 1. The van der Waals surface area contributed by atoms with Crippen LogP contribution in [0.3, 0.4) is 0 Å². The van der Waals surface area contributed by atoms with Crippen molar-refractivity contribution in [1.82, 2.24) is 0 Å². The van der Waals surface area contributed by atoms with Gasteiger partial charge in [0.15, 0.2) is 0 Å². The van der Waals surface area contributed by atoms with Crippen LogP contribution in [0.2, 0.25) is 0 Å². The van der Waals surface area contributed by atoms with Gasteiger partial charge < -0.3 is 20.3 Å². The van der Waals surface area contributed by atoms with Crippen molar-refractivity contribution in [3.05, 3.63) is 47.5 Å². The molecule has 19 heavy (non-hydrogen) atoms. The summed E-state index contributed by atoms with van der Waals surface area (Å²) in [5.74, 6) is 1.25. The molecule has 0 unspecified atom stereocenters. The maximum atomic E-state index is 9.51. The summed E-state index contributed by atoms with van der Waals surface area (Å²) in [6.07, 6.45) is 0. The largest absolute Gasteiger partial charge is 0.506 e. The highest BCUT2D eigenvalue weighted by atomic mass is 16.5. The first-order chi connectivity index (χ1) is 9.11. The molecule has 100 valence electrons. The van der Waals surface area contributed by atoms with Gasteiger partial charge in [0.1, 0.15) is 29.5 Å². The van der Waals surface area contributed by atoms with E-state index in [4.69, 9.17) is 15.2 Å². The monoisotopic (exact) mass is 259 g/mol. The molecule has 0 aromatic heterocycles. The maximum Gasteiger partial charge on any atom is 0.146 e. The van der Waals surface area contributed by atoms with E-state index in [1.807, 2.05) is 25.1 Å². The van der Waals surface area contributed by atoms with E-state index < -0.39 is 0 Å². The van der Waals surface area contributed by atoms with Gasteiger partial charge in [-0.2, -0.15) is 0 Å². The number of nitrogens with two attached hydrogens (primary N) is 1. The fraction of sp³-hybridized carbons (Fsp3) is 0.200. The zero-order chi connectivity index (χ0) is 13.8. The molecule has 0 saturated heterocycles. The number of methoxy groups -OCH3 is 1. The van der Waals surface area contributed by atoms with Crippen LogP contribution in [0.5, 0.6) is 17.2 Å². The Labute approximate surface area is 112 Å². The van der Waals surface area contributed by atoms with Crippen molar-refractivity contribution >= 4 is 5.69 Å². The van der Waals surface area contributed by atoms with E-state index in [0.29, 0.717) is 12.4 Å². The van der Waals surface area contributed by atoms with Crippen molar-refractivity contribution < 1.29 is 14.6 Å². The Hall–Kier alpha value is -2.36. The third-order valence-electron chi connectivity index (χ3n) is 2.86. The lowest BCUT2D eigenvalue weighted by Crippen LogP contribution is -2.01. The first kappa shape index (κ1) is 13.1. The van der Waals surface area contributed by atoms with Crippen LogP contribution in [-0.2, 0) is 6.61 Å². The van der Waals surface area contributed by atoms with Crippen molar-refractivity contribution in [3.8, 4) is 17.2 Å². The summed E-state index contributed by atoms with van der Waals surface area (Å²) in [7, 11) is 1.62. The second kappa shape index (κ2) is 5.52. The Bertz CT molecular complexity index is 582. The zero-order valence-electron chi connectivity index (χ0n) is 11.0. The van der Waals surface area contributed by atoms with Gasteiger partial charge in [0.25, 0.3) is 0 Å². The number of aromatic hydroxyl groups is 1. The third kappa shape index (κ3) is 2.91. The van der Waals surface area contributed by atoms with E-state index in [2.05, 4.69) is 0 Å². The van der Waals surface area contributed by atoms with Crippen LogP contribution in [-0.4, -0.2) is 12.2 Å². The van der Waals surface area contributed by atoms with Crippen LogP contribution in [0.4, 0.5) is 5.69 Å². The maximum absolute atomic E-state index is 9.51. The quantitative estimate of drug-likeness (QED) is 0.654. The number of aryl methyl sites for hydroxylation is 1. The van der Waals surface area contributed by atoms with Crippen molar-refractivity contribution in [1.29, 1.82) is 0 Å². The molecule has 0 heterocycles. The molecule has 4 heteroatoms. The number of hydrogen-bond acceptors (Lipinski definition) is 4. The lowest BCUT2D eigenvalue weighted by Gasteiger charge is -2.12. The van der Waals surface area contributed by atoms with Crippen molar-refractivity contribution in [3.63, 3.8) is 0 Å². The van der Waals surface area contributed by atoms with Crippen LogP contribution in [0.25, 0.3) is 0 Å². The highest BCUT2D eigenvalue weighted by molar-refractivity contribution is 5.61. The average Bonchev–Trinajstić information content (AvgIpc) is 2.40. The smallest absolute Gasteiger partial charge is 0.146 e. The SMILES string of the molecule is COc1ccc(C)cc1COc1cccc(O)c1N. The van der Waals surface area contributed by atoms with Crippen LogP contribution >= 0.6 is 0 Å². The minimum Gasteiger partial charge on any atom is -0.506 e. The molecule has 2 rings (SSSR count). The van der Waals surface area contributed by atoms with Gasteiger partial charge in [0.2, 0.25) is 0 Å². The number of hydrogen-bond donors (Lipinski definition) is 2. The van der Waals surface area contributed by atoms with Crippen molar-refractivity contribution in [2.24, 2.45) is 0 Å². The number of benzene rings is 2. The van der Waals surface area contributed by atoms with E-state index in [1.165, 1.54) is 6.07 Å². The number of phenolic OH excluding ortho intramolecular Hbond substituents is 1. The predicted molar refractivity (Wildman–Crippen MR) is 74.6 cm³/mol. The average molecular weight is 259 g/mol. The highest BCUT2D eigenvalue weighted by Crippen LogP contribution is 2.31. The molecule has 0 saturated carbocycles.